The van der Waals surface area contributed by atoms with Crippen LogP contribution in [0.1, 0.15) is 19.4 Å². The van der Waals surface area contributed by atoms with Crippen LogP contribution in [0.25, 0.3) is 0 Å². The third-order valence-corrected chi connectivity index (χ3v) is 4.46. The second kappa shape index (κ2) is 4.49. The number of hydrogen-bond donors (Lipinski definition) is 1. The Morgan fingerprint density at radius 3 is 3.00 bits per heavy atom. The Hall–Kier alpha value is -0.970. The van der Waals surface area contributed by atoms with Crippen molar-refractivity contribution in [3.63, 3.8) is 0 Å². The van der Waals surface area contributed by atoms with Gasteiger partial charge in [0, 0.05) is 35.3 Å². The molecule has 0 amide bonds. The van der Waals surface area contributed by atoms with Crippen molar-refractivity contribution < 1.29 is 0 Å². The van der Waals surface area contributed by atoms with Crippen molar-refractivity contribution in [1.29, 1.82) is 0 Å². The Kier molecular flexibility index (Phi) is 3.23. The van der Waals surface area contributed by atoms with E-state index < -0.39 is 0 Å². The molecule has 88 valence electrons. The van der Waals surface area contributed by atoms with E-state index in [-0.39, 0.29) is 0 Å². The van der Waals surface area contributed by atoms with Crippen LogP contribution in [-0.4, -0.2) is 33.6 Å². The van der Waals surface area contributed by atoms with E-state index in [2.05, 4.69) is 28.7 Å². The molecule has 2 N–H and O–H groups in total. The number of aromatic nitrogens is 2. The standard InChI is InChI=1S/C11H18N4S/c1-7-6-13-11(12)14-10(7)15-4-5-16-9(3)8(15)2/h6,8-9H,4-5H2,1-3H3,(H2,12,13,14). The van der Waals surface area contributed by atoms with Crippen molar-refractivity contribution in [3.8, 4) is 0 Å². The van der Waals surface area contributed by atoms with Gasteiger partial charge in [0.1, 0.15) is 5.82 Å². The smallest absolute Gasteiger partial charge is 0.221 e. The van der Waals surface area contributed by atoms with Gasteiger partial charge in [0.2, 0.25) is 5.95 Å². The topological polar surface area (TPSA) is 55.0 Å². The van der Waals surface area contributed by atoms with Gasteiger partial charge in [0.25, 0.3) is 0 Å². The summed E-state index contributed by atoms with van der Waals surface area (Å²) in [6, 6.07) is 0.492. The maximum atomic E-state index is 5.66. The lowest BCUT2D eigenvalue weighted by Crippen LogP contribution is -2.45. The maximum Gasteiger partial charge on any atom is 0.221 e. The fourth-order valence-corrected chi connectivity index (χ4v) is 3.07. The minimum atomic E-state index is 0.360. The molecule has 1 aromatic heterocycles. The summed E-state index contributed by atoms with van der Waals surface area (Å²) in [4.78, 5) is 10.7. The van der Waals surface area contributed by atoms with E-state index in [4.69, 9.17) is 5.73 Å². The molecule has 2 unspecified atom stereocenters. The molecule has 2 atom stereocenters. The first-order valence-electron chi connectivity index (χ1n) is 5.57. The van der Waals surface area contributed by atoms with Crippen LogP contribution in [0.4, 0.5) is 11.8 Å². The molecule has 2 heterocycles. The van der Waals surface area contributed by atoms with E-state index in [1.165, 1.54) is 0 Å². The fraction of sp³-hybridized carbons (Fsp3) is 0.636. The molecule has 5 heteroatoms. The highest BCUT2D eigenvalue weighted by atomic mass is 32.2. The molecule has 0 aromatic carbocycles. The lowest BCUT2D eigenvalue weighted by Gasteiger charge is -2.38. The summed E-state index contributed by atoms with van der Waals surface area (Å²) in [6.45, 7) is 7.58. The molecule has 2 rings (SSSR count). The van der Waals surface area contributed by atoms with Crippen LogP contribution in [0.2, 0.25) is 0 Å². The van der Waals surface area contributed by atoms with Gasteiger partial charge in [-0.05, 0) is 13.8 Å². The van der Waals surface area contributed by atoms with Crippen molar-refractivity contribution >= 4 is 23.5 Å². The van der Waals surface area contributed by atoms with Gasteiger partial charge in [-0.2, -0.15) is 16.7 Å². The zero-order chi connectivity index (χ0) is 11.7. The summed E-state index contributed by atoms with van der Waals surface area (Å²) in [7, 11) is 0. The van der Waals surface area contributed by atoms with E-state index in [1.807, 2.05) is 18.7 Å². The van der Waals surface area contributed by atoms with Gasteiger partial charge in [0.15, 0.2) is 0 Å². The highest BCUT2D eigenvalue weighted by Crippen LogP contribution is 2.29. The number of nitrogen functional groups attached to an aromatic ring is 1. The monoisotopic (exact) mass is 238 g/mol. The summed E-state index contributed by atoms with van der Waals surface area (Å²) >= 11 is 2.02. The van der Waals surface area contributed by atoms with Gasteiger partial charge >= 0.3 is 0 Å². The van der Waals surface area contributed by atoms with E-state index in [9.17, 15) is 0 Å². The molecule has 1 aliphatic rings. The molecular weight excluding hydrogens is 220 g/mol. The maximum absolute atomic E-state index is 5.66. The normalized spacial score (nSPS) is 25.8. The van der Waals surface area contributed by atoms with Gasteiger partial charge in [-0.3, -0.25) is 0 Å². The Morgan fingerprint density at radius 2 is 2.25 bits per heavy atom. The second-order valence-corrected chi connectivity index (χ2v) is 5.73. The van der Waals surface area contributed by atoms with Gasteiger partial charge in [-0.1, -0.05) is 6.92 Å². The minimum absolute atomic E-state index is 0.360. The molecule has 16 heavy (non-hydrogen) atoms. The van der Waals surface area contributed by atoms with Crippen molar-refractivity contribution in [2.75, 3.05) is 22.9 Å². The molecule has 0 bridgehead atoms. The van der Waals surface area contributed by atoms with Crippen LogP contribution in [0.15, 0.2) is 6.20 Å². The highest BCUT2D eigenvalue weighted by molar-refractivity contribution is 8.00. The SMILES string of the molecule is Cc1cnc(N)nc1N1CCSC(C)C1C. The number of rotatable bonds is 1. The van der Waals surface area contributed by atoms with Crippen LogP contribution < -0.4 is 10.6 Å². The van der Waals surface area contributed by atoms with Crippen LogP contribution in [0, 0.1) is 6.92 Å². The van der Waals surface area contributed by atoms with Crippen molar-refractivity contribution in [2.24, 2.45) is 0 Å². The number of thioether (sulfide) groups is 1. The minimum Gasteiger partial charge on any atom is -0.368 e. The van der Waals surface area contributed by atoms with E-state index in [0.29, 0.717) is 17.2 Å². The molecule has 1 aromatic rings. The molecular formula is C11H18N4S. The Labute approximate surface area is 101 Å². The zero-order valence-corrected chi connectivity index (χ0v) is 10.8. The molecule has 0 spiro atoms. The highest BCUT2D eigenvalue weighted by Gasteiger charge is 2.27. The first kappa shape index (κ1) is 11.5. The van der Waals surface area contributed by atoms with E-state index in [0.717, 1.165) is 23.7 Å². The van der Waals surface area contributed by atoms with Crippen LogP contribution in [0.3, 0.4) is 0 Å². The summed E-state index contributed by atoms with van der Waals surface area (Å²) in [6.07, 6.45) is 1.80. The van der Waals surface area contributed by atoms with E-state index >= 15 is 0 Å². The molecule has 1 aliphatic heterocycles. The molecule has 0 saturated carbocycles. The Morgan fingerprint density at radius 1 is 1.50 bits per heavy atom. The van der Waals surface area contributed by atoms with Crippen molar-refractivity contribution in [2.45, 2.75) is 32.1 Å². The van der Waals surface area contributed by atoms with Gasteiger partial charge in [-0.25, -0.2) is 4.98 Å². The molecule has 0 radical (unpaired) electrons. The average Bonchev–Trinajstić information content (AvgIpc) is 2.26. The quantitative estimate of drug-likeness (QED) is 0.807. The number of nitrogens with two attached hydrogens (primary N) is 1. The largest absolute Gasteiger partial charge is 0.368 e. The summed E-state index contributed by atoms with van der Waals surface area (Å²) in [5, 5.41) is 0.629. The predicted octanol–water partition coefficient (Wildman–Crippen LogP) is 1.70. The molecule has 4 nitrogen and oxygen atoms in total. The van der Waals surface area contributed by atoms with Crippen LogP contribution in [0.5, 0.6) is 0 Å². The first-order chi connectivity index (χ1) is 7.59. The lowest BCUT2D eigenvalue weighted by molar-refractivity contribution is 0.618. The molecule has 1 saturated heterocycles. The van der Waals surface area contributed by atoms with Crippen LogP contribution >= 0.6 is 11.8 Å². The summed E-state index contributed by atoms with van der Waals surface area (Å²) < 4.78 is 0. The molecule has 1 fully saturated rings. The Bertz CT molecular complexity index is 382. The summed E-state index contributed by atoms with van der Waals surface area (Å²) in [5.74, 6) is 2.50. The second-order valence-electron chi connectivity index (χ2n) is 4.24. The van der Waals surface area contributed by atoms with Crippen LogP contribution in [-0.2, 0) is 0 Å². The molecule has 0 aliphatic carbocycles. The van der Waals surface area contributed by atoms with Crippen molar-refractivity contribution in [1.82, 2.24) is 9.97 Å². The van der Waals surface area contributed by atoms with Gasteiger partial charge in [0.05, 0.1) is 0 Å². The van der Waals surface area contributed by atoms with Gasteiger partial charge in [-0.15, -0.1) is 0 Å². The third-order valence-electron chi connectivity index (χ3n) is 3.12. The zero-order valence-electron chi connectivity index (χ0n) is 9.97. The third kappa shape index (κ3) is 2.09. The first-order valence-corrected chi connectivity index (χ1v) is 6.62. The Balaban J connectivity index is 2.31. The fourth-order valence-electron chi connectivity index (χ4n) is 1.97. The van der Waals surface area contributed by atoms with E-state index in [1.54, 1.807) is 6.20 Å². The van der Waals surface area contributed by atoms with Gasteiger partial charge < -0.3 is 10.6 Å². The number of anilines is 2. The number of aryl methyl sites for hydroxylation is 1. The summed E-state index contributed by atoms with van der Waals surface area (Å²) in [5.41, 5.74) is 6.76. The average molecular weight is 238 g/mol. The number of nitrogens with zero attached hydrogens (tertiary/aromatic N) is 3. The number of hydrogen-bond acceptors (Lipinski definition) is 5. The predicted molar refractivity (Wildman–Crippen MR) is 69.9 cm³/mol. The lowest BCUT2D eigenvalue weighted by atomic mass is 10.2. The van der Waals surface area contributed by atoms with Crippen molar-refractivity contribution in [3.05, 3.63) is 11.8 Å².